The molecule has 0 radical (unpaired) electrons. The van der Waals surface area contributed by atoms with E-state index in [2.05, 4.69) is 20.9 Å². The monoisotopic (exact) mass is 583 g/mol. The van der Waals surface area contributed by atoms with E-state index in [4.69, 9.17) is 19.2 Å². The number of halogens is 2. The van der Waals surface area contributed by atoms with Gasteiger partial charge in [0, 0.05) is 34.1 Å². The molecule has 2 aromatic carbocycles. The highest BCUT2D eigenvalue weighted by atomic mass is 79.9. The average Bonchev–Trinajstić information content (AvgIpc) is 2.91. The fourth-order valence-corrected chi connectivity index (χ4v) is 5.12. The van der Waals surface area contributed by atoms with E-state index >= 15 is 0 Å². The SMILES string of the molecule is COc1cc([C@H](c2cc3cc(Br)ccc3nc2OC)[C@@](O)(CCN(C)C)c2cccc(F)c2)cnc1OC. The van der Waals surface area contributed by atoms with Crippen LogP contribution in [0.2, 0.25) is 0 Å². The molecule has 0 fully saturated rings. The van der Waals surface area contributed by atoms with Gasteiger partial charge < -0.3 is 24.2 Å². The minimum Gasteiger partial charge on any atom is -0.491 e. The van der Waals surface area contributed by atoms with Gasteiger partial charge in [0.05, 0.1) is 26.8 Å². The first-order valence-corrected chi connectivity index (χ1v) is 12.8. The molecule has 0 saturated carbocycles. The van der Waals surface area contributed by atoms with Crippen LogP contribution in [-0.2, 0) is 5.60 Å². The maximum absolute atomic E-state index is 14.6. The fourth-order valence-electron chi connectivity index (χ4n) is 4.74. The van der Waals surface area contributed by atoms with Gasteiger partial charge in [-0.25, -0.2) is 14.4 Å². The topological polar surface area (TPSA) is 76.9 Å². The maximum Gasteiger partial charge on any atom is 0.256 e. The van der Waals surface area contributed by atoms with Crippen molar-refractivity contribution in [3.63, 3.8) is 0 Å². The zero-order valence-corrected chi connectivity index (χ0v) is 23.6. The number of aromatic nitrogens is 2. The summed E-state index contributed by atoms with van der Waals surface area (Å²) in [5, 5.41) is 13.5. The van der Waals surface area contributed by atoms with Gasteiger partial charge in [-0.15, -0.1) is 0 Å². The highest BCUT2D eigenvalue weighted by molar-refractivity contribution is 9.10. The summed E-state index contributed by atoms with van der Waals surface area (Å²) < 4.78 is 32.1. The van der Waals surface area contributed by atoms with Crippen LogP contribution in [-0.4, -0.2) is 61.9 Å². The number of hydrogen-bond donors (Lipinski definition) is 1. The summed E-state index contributed by atoms with van der Waals surface area (Å²) in [6.45, 7) is 0.527. The Bertz CT molecular complexity index is 1430. The predicted molar refractivity (Wildman–Crippen MR) is 149 cm³/mol. The van der Waals surface area contributed by atoms with Crippen LogP contribution in [0.15, 0.2) is 65.3 Å². The third kappa shape index (κ3) is 5.60. The predicted octanol–water partition coefficient (Wildman–Crippen LogP) is 5.53. The Hall–Kier alpha value is -3.27. The molecule has 0 unspecified atom stereocenters. The molecule has 0 bridgehead atoms. The van der Waals surface area contributed by atoms with Crippen molar-refractivity contribution in [2.75, 3.05) is 42.0 Å². The van der Waals surface area contributed by atoms with Gasteiger partial charge in [0.15, 0.2) is 5.75 Å². The molecule has 2 atom stereocenters. The number of benzene rings is 2. The summed E-state index contributed by atoms with van der Waals surface area (Å²) in [4.78, 5) is 11.2. The lowest BCUT2D eigenvalue weighted by Crippen LogP contribution is -2.38. The first kappa shape index (κ1) is 27.8. The number of pyridine rings is 2. The molecular weight excluding hydrogens is 553 g/mol. The number of methoxy groups -OCH3 is 3. The number of nitrogens with zero attached hydrogens (tertiary/aromatic N) is 3. The normalized spacial score (nSPS) is 13.8. The molecule has 38 heavy (non-hydrogen) atoms. The zero-order chi connectivity index (χ0) is 27.4. The van der Waals surface area contributed by atoms with Gasteiger partial charge >= 0.3 is 0 Å². The third-order valence-electron chi connectivity index (χ3n) is 6.60. The second kappa shape index (κ2) is 11.6. The van der Waals surface area contributed by atoms with Crippen molar-refractivity contribution in [1.29, 1.82) is 0 Å². The second-order valence-corrected chi connectivity index (χ2v) is 10.2. The summed E-state index contributed by atoms with van der Waals surface area (Å²) >= 11 is 3.54. The largest absolute Gasteiger partial charge is 0.491 e. The number of fused-ring (bicyclic) bond motifs is 1. The Balaban J connectivity index is 2.07. The highest BCUT2D eigenvalue weighted by Crippen LogP contribution is 2.48. The molecule has 0 aliphatic heterocycles. The van der Waals surface area contributed by atoms with E-state index < -0.39 is 17.3 Å². The van der Waals surface area contributed by atoms with Crippen LogP contribution in [0.1, 0.15) is 29.0 Å². The van der Waals surface area contributed by atoms with Crippen LogP contribution in [0.4, 0.5) is 4.39 Å². The van der Waals surface area contributed by atoms with E-state index in [1.807, 2.05) is 43.3 Å². The van der Waals surface area contributed by atoms with Gasteiger partial charge in [0.25, 0.3) is 5.88 Å². The minimum atomic E-state index is -1.58. The molecule has 4 rings (SSSR count). The molecule has 7 nitrogen and oxygen atoms in total. The van der Waals surface area contributed by atoms with Crippen molar-refractivity contribution in [2.45, 2.75) is 17.9 Å². The van der Waals surface area contributed by atoms with Crippen molar-refractivity contribution in [2.24, 2.45) is 0 Å². The van der Waals surface area contributed by atoms with E-state index in [-0.39, 0.29) is 6.42 Å². The van der Waals surface area contributed by atoms with E-state index in [1.165, 1.54) is 26.4 Å². The molecule has 9 heteroatoms. The van der Waals surface area contributed by atoms with Gasteiger partial charge in [0.1, 0.15) is 11.4 Å². The van der Waals surface area contributed by atoms with Crippen molar-refractivity contribution >= 4 is 26.8 Å². The van der Waals surface area contributed by atoms with Gasteiger partial charge in [0.2, 0.25) is 5.88 Å². The standard InChI is InChI=1S/C29H31BrFN3O4/c1-34(2)12-11-29(35,20-7-6-8-22(31)16-20)26(19-15-25(36-3)28(38-5)32-17-19)23-14-18-13-21(30)9-10-24(18)33-27(23)37-4/h6-10,13-17,26,35H,11-12H2,1-5H3/t26-,29-/m1/s1. The zero-order valence-electron chi connectivity index (χ0n) is 22.0. The van der Waals surface area contributed by atoms with Crippen LogP contribution in [0.3, 0.4) is 0 Å². The molecule has 200 valence electrons. The second-order valence-electron chi connectivity index (χ2n) is 9.32. The molecule has 4 aromatic rings. The van der Waals surface area contributed by atoms with Gasteiger partial charge in [-0.05, 0) is 74.1 Å². The number of hydrogen-bond acceptors (Lipinski definition) is 7. The maximum atomic E-state index is 14.6. The van der Waals surface area contributed by atoms with Crippen molar-refractivity contribution in [3.8, 4) is 17.5 Å². The molecule has 0 amide bonds. The van der Waals surface area contributed by atoms with E-state index in [0.717, 1.165) is 15.4 Å². The van der Waals surface area contributed by atoms with Crippen molar-refractivity contribution in [1.82, 2.24) is 14.9 Å². The quantitative estimate of drug-likeness (QED) is 0.263. The van der Waals surface area contributed by atoms with Crippen LogP contribution >= 0.6 is 15.9 Å². The lowest BCUT2D eigenvalue weighted by Gasteiger charge is -2.38. The Morgan fingerprint density at radius 2 is 1.76 bits per heavy atom. The Morgan fingerprint density at radius 1 is 1.00 bits per heavy atom. The summed E-state index contributed by atoms with van der Waals surface area (Å²) in [6.07, 6.45) is 1.92. The molecule has 0 spiro atoms. The van der Waals surface area contributed by atoms with Gasteiger partial charge in [-0.3, -0.25) is 0 Å². The van der Waals surface area contributed by atoms with Crippen LogP contribution < -0.4 is 14.2 Å². The molecule has 0 saturated heterocycles. The molecule has 2 heterocycles. The third-order valence-corrected chi connectivity index (χ3v) is 7.10. The summed E-state index contributed by atoms with van der Waals surface area (Å²) in [5.74, 6) is -0.144. The van der Waals surface area contributed by atoms with E-state index in [1.54, 1.807) is 31.5 Å². The molecule has 1 N–H and O–H groups in total. The highest BCUT2D eigenvalue weighted by Gasteiger charge is 2.43. The molecule has 0 aliphatic rings. The number of aliphatic hydroxyl groups is 1. The van der Waals surface area contributed by atoms with Crippen molar-refractivity contribution in [3.05, 3.63) is 87.8 Å². The minimum absolute atomic E-state index is 0.280. The van der Waals surface area contributed by atoms with Crippen LogP contribution in [0, 0.1) is 5.82 Å². The van der Waals surface area contributed by atoms with E-state index in [9.17, 15) is 9.50 Å². The molecule has 2 aromatic heterocycles. The summed E-state index contributed by atoms with van der Waals surface area (Å²) in [7, 11) is 8.43. The van der Waals surface area contributed by atoms with E-state index in [0.29, 0.717) is 40.7 Å². The Kier molecular flexibility index (Phi) is 8.50. The first-order chi connectivity index (χ1) is 18.2. The number of ether oxygens (including phenoxy) is 3. The van der Waals surface area contributed by atoms with Crippen molar-refractivity contribution < 1.29 is 23.7 Å². The van der Waals surface area contributed by atoms with Crippen LogP contribution in [0.5, 0.6) is 17.5 Å². The lowest BCUT2D eigenvalue weighted by molar-refractivity contribution is 0.00338. The smallest absolute Gasteiger partial charge is 0.256 e. The number of rotatable bonds is 10. The average molecular weight is 584 g/mol. The summed E-state index contributed by atoms with van der Waals surface area (Å²) in [5.41, 5.74) is 0.832. The van der Waals surface area contributed by atoms with Crippen LogP contribution in [0.25, 0.3) is 10.9 Å². The Morgan fingerprint density at radius 3 is 2.42 bits per heavy atom. The fraction of sp³-hybridized carbons (Fsp3) is 0.310. The van der Waals surface area contributed by atoms with Gasteiger partial charge in [-0.1, -0.05) is 28.1 Å². The summed E-state index contributed by atoms with van der Waals surface area (Å²) in [6, 6.07) is 15.5. The van der Waals surface area contributed by atoms with Gasteiger partial charge in [-0.2, -0.15) is 0 Å². The molecular formula is C29H31BrFN3O4. The lowest BCUT2D eigenvalue weighted by atomic mass is 9.72. The first-order valence-electron chi connectivity index (χ1n) is 12.1. The molecule has 0 aliphatic carbocycles. The Labute approximate surface area is 230 Å².